The molecule has 0 atom stereocenters. The van der Waals surface area contributed by atoms with E-state index in [4.69, 9.17) is 9.47 Å². The van der Waals surface area contributed by atoms with Gasteiger partial charge >= 0.3 is 0 Å². The number of aryl methyl sites for hydroxylation is 1. The number of benzene rings is 3. The van der Waals surface area contributed by atoms with E-state index in [1.165, 1.54) is 63.7 Å². The van der Waals surface area contributed by atoms with Gasteiger partial charge in [0, 0.05) is 14.1 Å². The number of amides is 1. The van der Waals surface area contributed by atoms with Gasteiger partial charge in [-0.3, -0.25) is 9.10 Å². The van der Waals surface area contributed by atoms with E-state index in [0.29, 0.717) is 21.7 Å². The van der Waals surface area contributed by atoms with Gasteiger partial charge in [-0.05, 0) is 77.5 Å². The highest BCUT2D eigenvalue weighted by molar-refractivity contribution is 9.10. The van der Waals surface area contributed by atoms with Gasteiger partial charge in [-0.15, -0.1) is 0 Å². The summed E-state index contributed by atoms with van der Waals surface area (Å²) in [5, 5.41) is 2.67. The molecule has 0 aliphatic heterocycles. The van der Waals surface area contributed by atoms with Crippen molar-refractivity contribution in [3.05, 3.63) is 76.8 Å². The van der Waals surface area contributed by atoms with Crippen molar-refractivity contribution >= 4 is 47.6 Å². The number of hydrogen-bond acceptors (Lipinski definition) is 7. The molecule has 0 saturated carbocycles. The van der Waals surface area contributed by atoms with Gasteiger partial charge in [0.15, 0.2) is 0 Å². The number of methoxy groups -OCH3 is 1. The predicted octanol–water partition coefficient (Wildman–Crippen LogP) is 3.41. The molecule has 0 fully saturated rings. The van der Waals surface area contributed by atoms with Crippen LogP contribution in [0, 0.1) is 6.92 Å². The average molecular weight is 641 g/mol. The summed E-state index contributed by atoms with van der Waals surface area (Å²) in [5.74, 6) is 0.376. The molecule has 0 radical (unpaired) electrons. The van der Waals surface area contributed by atoms with Crippen molar-refractivity contribution < 1.29 is 31.1 Å². The van der Waals surface area contributed by atoms with Crippen LogP contribution in [0.4, 0.5) is 5.69 Å². The van der Waals surface area contributed by atoms with Crippen LogP contribution in [-0.4, -0.2) is 67.9 Å². The monoisotopic (exact) mass is 639 g/mol. The number of halogens is 1. The van der Waals surface area contributed by atoms with Crippen LogP contribution in [-0.2, 0) is 24.8 Å². The van der Waals surface area contributed by atoms with Crippen LogP contribution in [0.2, 0.25) is 0 Å². The fourth-order valence-electron chi connectivity index (χ4n) is 3.43. The third-order valence-electron chi connectivity index (χ3n) is 5.62. The van der Waals surface area contributed by atoms with E-state index < -0.39 is 32.5 Å². The third-order valence-corrected chi connectivity index (χ3v) is 9.83. The molecule has 0 heterocycles. The number of nitrogens with zero attached hydrogens (tertiary/aromatic N) is 2. The smallest absolute Gasteiger partial charge is 0.264 e. The normalized spacial score (nSPS) is 11.7. The number of carbonyl (C=O) groups is 1. The number of carbonyl (C=O) groups excluding carboxylic acids is 1. The van der Waals surface area contributed by atoms with Crippen LogP contribution in [0.5, 0.6) is 11.5 Å². The molecule has 39 heavy (non-hydrogen) atoms. The standard InChI is InChI=1S/C26H30BrN3O7S2/c1-19-5-7-20(8-6-19)30(39(34,35)23-13-14-25(36-4)24(27)17-23)18-26(31)28-15-16-37-21-9-11-22(12-10-21)38(32,33)29(2)3/h5-14,17H,15-16,18H2,1-4H3,(H,28,31). The zero-order valence-corrected chi connectivity index (χ0v) is 25.1. The summed E-state index contributed by atoms with van der Waals surface area (Å²) in [4.78, 5) is 12.9. The van der Waals surface area contributed by atoms with E-state index in [0.717, 1.165) is 14.2 Å². The third kappa shape index (κ3) is 7.50. The zero-order chi connectivity index (χ0) is 28.8. The molecule has 3 aromatic rings. The molecule has 0 aromatic heterocycles. The van der Waals surface area contributed by atoms with Crippen molar-refractivity contribution in [2.45, 2.75) is 16.7 Å². The number of sulfonamides is 2. The molecular formula is C26H30BrN3O7S2. The molecular weight excluding hydrogens is 610 g/mol. The number of nitrogens with one attached hydrogen (secondary N) is 1. The van der Waals surface area contributed by atoms with E-state index in [9.17, 15) is 21.6 Å². The Hall–Kier alpha value is -3.13. The molecule has 0 bridgehead atoms. The van der Waals surface area contributed by atoms with Crippen molar-refractivity contribution in [1.29, 1.82) is 0 Å². The van der Waals surface area contributed by atoms with Crippen LogP contribution >= 0.6 is 15.9 Å². The Morgan fingerprint density at radius 2 is 1.51 bits per heavy atom. The predicted molar refractivity (Wildman–Crippen MR) is 152 cm³/mol. The summed E-state index contributed by atoms with van der Waals surface area (Å²) in [5.41, 5.74) is 1.28. The second-order valence-electron chi connectivity index (χ2n) is 8.60. The summed E-state index contributed by atoms with van der Waals surface area (Å²) >= 11 is 3.31. The number of hydrogen-bond donors (Lipinski definition) is 1. The van der Waals surface area contributed by atoms with Gasteiger partial charge in [-0.2, -0.15) is 0 Å². The summed E-state index contributed by atoms with van der Waals surface area (Å²) in [6.45, 7) is 1.62. The van der Waals surface area contributed by atoms with Crippen LogP contribution in [0.3, 0.4) is 0 Å². The van der Waals surface area contributed by atoms with Gasteiger partial charge in [-0.25, -0.2) is 21.1 Å². The minimum atomic E-state index is -4.10. The highest BCUT2D eigenvalue weighted by Gasteiger charge is 2.28. The van der Waals surface area contributed by atoms with E-state index in [1.54, 1.807) is 24.3 Å². The van der Waals surface area contributed by atoms with Crippen molar-refractivity contribution in [2.75, 3.05) is 45.2 Å². The highest BCUT2D eigenvalue weighted by Crippen LogP contribution is 2.30. The molecule has 10 nitrogen and oxygen atoms in total. The van der Waals surface area contributed by atoms with Gasteiger partial charge in [0.05, 0.1) is 33.6 Å². The zero-order valence-electron chi connectivity index (χ0n) is 21.9. The first kappa shape index (κ1) is 30.4. The first-order valence-electron chi connectivity index (χ1n) is 11.7. The van der Waals surface area contributed by atoms with Crippen LogP contribution < -0.4 is 19.1 Å². The molecule has 0 saturated heterocycles. The van der Waals surface area contributed by atoms with Gasteiger partial charge in [0.1, 0.15) is 24.7 Å². The van der Waals surface area contributed by atoms with Gasteiger partial charge < -0.3 is 14.8 Å². The Morgan fingerprint density at radius 1 is 0.897 bits per heavy atom. The Labute approximate surface area is 237 Å². The summed E-state index contributed by atoms with van der Waals surface area (Å²) in [6, 6.07) is 17.1. The van der Waals surface area contributed by atoms with Crippen LogP contribution in [0.15, 0.2) is 81.0 Å². The van der Waals surface area contributed by atoms with E-state index in [1.807, 2.05) is 6.92 Å². The fraction of sp³-hybridized carbons (Fsp3) is 0.269. The van der Waals surface area contributed by atoms with E-state index >= 15 is 0 Å². The van der Waals surface area contributed by atoms with Gasteiger partial charge in [0.2, 0.25) is 15.9 Å². The number of anilines is 1. The minimum absolute atomic E-state index is 0.00777. The molecule has 0 aliphatic carbocycles. The number of rotatable bonds is 12. The van der Waals surface area contributed by atoms with Gasteiger partial charge in [0.25, 0.3) is 10.0 Å². The molecule has 13 heteroatoms. The van der Waals surface area contributed by atoms with Crippen molar-refractivity contribution in [3.8, 4) is 11.5 Å². The van der Waals surface area contributed by atoms with E-state index in [-0.39, 0.29) is 22.9 Å². The Balaban J connectivity index is 1.68. The van der Waals surface area contributed by atoms with Crippen molar-refractivity contribution in [2.24, 2.45) is 0 Å². The molecule has 1 amide bonds. The lowest BCUT2D eigenvalue weighted by molar-refractivity contribution is -0.119. The Bertz CT molecular complexity index is 1510. The molecule has 210 valence electrons. The van der Waals surface area contributed by atoms with Crippen molar-refractivity contribution in [1.82, 2.24) is 9.62 Å². The second-order valence-corrected chi connectivity index (χ2v) is 13.5. The maximum atomic E-state index is 13.6. The molecule has 0 aliphatic rings. The van der Waals surface area contributed by atoms with Crippen molar-refractivity contribution in [3.63, 3.8) is 0 Å². The summed E-state index contributed by atoms with van der Waals surface area (Å²) in [6.07, 6.45) is 0. The Kier molecular flexibility index (Phi) is 9.99. The molecule has 0 spiro atoms. The van der Waals surface area contributed by atoms with Crippen LogP contribution in [0.25, 0.3) is 0 Å². The van der Waals surface area contributed by atoms with Gasteiger partial charge in [-0.1, -0.05) is 17.7 Å². The fourth-order valence-corrected chi connectivity index (χ4v) is 6.47. The first-order chi connectivity index (χ1) is 18.4. The lowest BCUT2D eigenvalue weighted by Crippen LogP contribution is -2.41. The SMILES string of the molecule is COc1ccc(S(=O)(=O)N(CC(=O)NCCOc2ccc(S(=O)(=O)N(C)C)cc2)c2ccc(C)cc2)cc1Br. The maximum Gasteiger partial charge on any atom is 0.264 e. The first-order valence-corrected chi connectivity index (χ1v) is 15.4. The summed E-state index contributed by atoms with van der Waals surface area (Å²) < 4.78 is 64.9. The molecule has 0 unspecified atom stereocenters. The quantitative estimate of drug-likeness (QED) is 0.301. The minimum Gasteiger partial charge on any atom is -0.496 e. The molecule has 3 rings (SSSR count). The number of ether oxygens (including phenoxy) is 2. The van der Waals surface area contributed by atoms with E-state index in [2.05, 4.69) is 21.2 Å². The van der Waals surface area contributed by atoms with Crippen LogP contribution in [0.1, 0.15) is 5.56 Å². The average Bonchev–Trinajstić information content (AvgIpc) is 2.90. The summed E-state index contributed by atoms with van der Waals surface area (Å²) in [7, 11) is -3.28. The maximum absolute atomic E-state index is 13.6. The largest absolute Gasteiger partial charge is 0.496 e. The highest BCUT2D eigenvalue weighted by atomic mass is 79.9. The lowest BCUT2D eigenvalue weighted by atomic mass is 10.2. The topological polar surface area (TPSA) is 122 Å². The second kappa shape index (κ2) is 12.8. The molecule has 1 N–H and O–H groups in total. The Morgan fingerprint density at radius 3 is 2.08 bits per heavy atom. The lowest BCUT2D eigenvalue weighted by Gasteiger charge is -2.24. The molecule has 3 aromatic carbocycles.